The van der Waals surface area contributed by atoms with E-state index in [0.717, 1.165) is 0 Å². The summed E-state index contributed by atoms with van der Waals surface area (Å²) in [6.45, 7) is 6.01. The molecule has 5 rings (SSSR count). The molecule has 3 aromatic rings. The summed E-state index contributed by atoms with van der Waals surface area (Å²) in [5, 5.41) is 8.79. The van der Waals surface area contributed by atoms with E-state index in [0.29, 0.717) is 12.0 Å². The van der Waals surface area contributed by atoms with E-state index >= 15 is 4.39 Å². The average molecular weight is 631 g/mol. The molecule has 2 aromatic carbocycles. The third-order valence-electron chi connectivity index (χ3n) is 7.86. The number of rotatable bonds is 6. The molecule has 1 saturated heterocycles. The smallest absolute Gasteiger partial charge is 0.337 e. The largest absolute Gasteiger partial charge is 0.495 e. The zero-order valence-electron chi connectivity index (χ0n) is 24.1. The fraction of sp³-hybridized carbons (Fsp3) is 0.367. The fourth-order valence-electron chi connectivity index (χ4n) is 6.17. The maximum atomic E-state index is 15.9. The van der Waals surface area contributed by atoms with E-state index in [-0.39, 0.29) is 44.1 Å². The summed E-state index contributed by atoms with van der Waals surface area (Å²) < 4.78 is 26.1. The lowest BCUT2D eigenvalue weighted by molar-refractivity contribution is -0.122. The van der Waals surface area contributed by atoms with E-state index in [1.165, 1.54) is 50.7 Å². The van der Waals surface area contributed by atoms with Gasteiger partial charge in [-0.25, -0.2) is 19.2 Å². The second-order valence-corrected chi connectivity index (χ2v) is 12.4. The number of fused-ring (bicyclic) bond motifs is 2. The number of ether oxygens (including phenoxy) is 2. The van der Waals surface area contributed by atoms with Crippen LogP contribution in [0.25, 0.3) is 0 Å². The summed E-state index contributed by atoms with van der Waals surface area (Å²) >= 11 is 12.3. The molecule has 0 aliphatic carbocycles. The standard InChI is InChI=1S/C30H30Cl2FN5O5/c1-29(2,3)12-20-30(16-13-34-28(32)38-24(16)37-27(30)41)21(15-7-6-8-17(31)22(15)33)23(36-20)25(39)35-18-10-9-14(26(40)43-5)11-19(18)42-4/h6-11,13,20-21,23,36H,12H2,1-5H3,(H,35,39)(H,34,37,38,41)/t20-,21-,23+,30-/m0/s1. The first-order chi connectivity index (χ1) is 20.3. The van der Waals surface area contributed by atoms with Gasteiger partial charge in [0.1, 0.15) is 22.8 Å². The lowest BCUT2D eigenvalue weighted by Crippen LogP contribution is -2.49. The Morgan fingerprint density at radius 1 is 1.16 bits per heavy atom. The van der Waals surface area contributed by atoms with Crippen LogP contribution in [0.2, 0.25) is 10.3 Å². The van der Waals surface area contributed by atoms with Gasteiger partial charge in [0.15, 0.2) is 0 Å². The van der Waals surface area contributed by atoms with Crippen LogP contribution in [0.4, 0.5) is 15.9 Å². The second kappa shape index (κ2) is 11.4. The number of anilines is 2. The first-order valence-electron chi connectivity index (χ1n) is 13.4. The predicted molar refractivity (Wildman–Crippen MR) is 159 cm³/mol. The molecule has 0 bridgehead atoms. The SMILES string of the molecule is COC(=O)c1ccc(NC(=O)[C@@H]2N[C@@H](CC(C)(C)C)[C@]3(C(=O)Nc4nc(Cl)ncc43)[C@H]2c2cccc(Cl)c2F)c(OC)c1. The minimum absolute atomic E-state index is 0.0718. The highest BCUT2D eigenvalue weighted by atomic mass is 35.5. The van der Waals surface area contributed by atoms with Gasteiger partial charge in [0.05, 0.1) is 36.5 Å². The van der Waals surface area contributed by atoms with E-state index in [1.807, 2.05) is 20.8 Å². The maximum absolute atomic E-state index is 15.9. The minimum Gasteiger partial charge on any atom is -0.495 e. The number of methoxy groups -OCH3 is 2. The number of halogens is 3. The number of nitrogens with zero attached hydrogens (tertiary/aromatic N) is 2. The summed E-state index contributed by atoms with van der Waals surface area (Å²) in [7, 11) is 2.65. The molecular formula is C30H30Cl2FN5O5. The van der Waals surface area contributed by atoms with Crippen LogP contribution in [-0.2, 0) is 19.7 Å². The highest BCUT2D eigenvalue weighted by Gasteiger charge is 2.67. The number of benzene rings is 2. The van der Waals surface area contributed by atoms with Crippen LogP contribution in [-0.4, -0.2) is 54.1 Å². The predicted octanol–water partition coefficient (Wildman–Crippen LogP) is 5.11. The highest BCUT2D eigenvalue weighted by Crippen LogP contribution is 2.56. The Kier molecular flexibility index (Phi) is 8.10. The zero-order valence-corrected chi connectivity index (χ0v) is 25.6. The van der Waals surface area contributed by atoms with Crippen molar-refractivity contribution in [1.82, 2.24) is 15.3 Å². The number of amides is 2. The summed E-state index contributed by atoms with van der Waals surface area (Å²) in [6.07, 6.45) is 1.87. The van der Waals surface area contributed by atoms with Gasteiger partial charge in [0, 0.05) is 23.7 Å². The van der Waals surface area contributed by atoms with Gasteiger partial charge in [-0.15, -0.1) is 0 Å². The van der Waals surface area contributed by atoms with Crippen molar-refractivity contribution < 1.29 is 28.2 Å². The third kappa shape index (κ3) is 5.30. The van der Waals surface area contributed by atoms with E-state index in [4.69, 9.17) is 32.7 Å². The molecule has 0 unspecified atom stereocenters. The number of esters is 1. The van der Waals surface area contributed by atoms with Crippen LogP contribution in [0.15, 0.2) is 42.6 Å². The molecule has 0 saturated carbocycles. The molecule has 3 N–H and O–H groups in total. The van der Waals surface area contributed by atoms with Crippen molar-refractivity contribution in [3.05, 3.63) is 75.4 Å². The Balaban J connectivity index is 1.68. The van der Waals surface area contributed by atoms with Gasteiger partial charge in [0.25, 0.3) is 0 Å². The van der Waals surface area contributed by atoms with E-state index < -0.39 is 47.0 Å². The van der Waals surface area contributed by atoms with E-state index in [9.17, 15) is 14.4 Å². The van der Waals surface area contributed by atoms with E-state index in [1.54, 1.807) is 6.07 Å². The number of carbonyl (C=O) groups excluding carboxylic acids is 3. The zero-order chi connectivity index (χ0) is 31.3. The lowest BCUT2D eigenvalue weighted by atomic mass is 9.63. The molecule has 3 heterocycles. The first kappa shape index (κ1) is 30.7. The van der Waals surface area contributed by atoms with Crippen LogP contribution >= 0.6 is 23.2 Å². The van der Waals surface area contributed by atoms with Crippen LogP contribution in [0.3, 0.4) is 0 Å². The number of nitrogens with one attached hydrogen (secondary N) is 3. The van der Waals surface area contributed by atoms with Crippen molar-refractivity contribution in [2.45, 2.75) is 50.6 Å². The molecule has 2 aliphatic rings. The van der Waals surface area contributed by atoms with Gasteiger partial charge in [-0.3, -0.25) is 9.59 Å². The Labute approximate surface area is 257 Å². The van der Waals surface area contributed by atoms with Crippen molar-refractivity contribution in [2.75, 3.05) is 24.9 Å². The van der Waals surface area contributed by atoms with Gasteiger partial charge in [-0.1, -0.05) is 44.5 Å². The monoisotopic (exact) mass is 629 g/mol. The Morgan fingerprint density at radius 2 is 1.91 bits per heavy atom. The quantitative estimate of drug-likeness (QED) is 0.253. The second-order valence-electron chi connectivity index (χ2n) is 11.7. The minimum atomic E-state index is -1.51. The number of aromatic nitrogens is 2. The van der Waals surface area contributed by atoms with Crippen LogP contribution in [0.5, 0.6) is 5.75 Å². The molecule has 2 aliphatic heterocycles. The Bertz CT molecular complexity index is 1630. The lowest BCUT2D eigenvalue weighted by Gasteiger charge is -2.37. The fourth-order valence-corrected chi connectivity index (χ4v) is 6.48. The third-order valence-corrected chi connectivity index (χ3v) is 8.34. The summed E-state index contributed by atoms with van der Waals surface area (Å²) in [5.74, 6) is -3.07. The van der Waals surface area contributed by atoms with Gasteiger partial charge in [-0.2, -0.15) is 0 Å². The van der Waals surface area contributed by atoms with Gasteiger partial charge < -0.3 is 25.4 Å². The van der Waals surface area contributed by atoms with Crippen molar-refractivity contribution in [1.29, 1.82) is 0 Å². The maximum Gasteiger partial charge on any atom is 0.337 e. The van der Waals surface area contributed by atoms with Crippen molar-refractivity contribution in [3.63, 3.8) is 0 Å². The van der Waals surface area contributed by atoms with Crippen LogP contribution in [0, 0.1) is 11.2 Å². The van der Waals surface area contributed by atoms with Gasteiger partial charge in [0.2, 0.25) is 17.1 Å². The summed E-state index contributed by atoms with van der Waals surface area (Å²) in [6, 6.07) is 7.09. The van der Waals surface area contributed by atoms with E-state index in [2.05, 4.69) is 25.9 Å². The van der Waals surface area contributed by atoms with Gasteiger partial charge >= 0.3 is 5.97 Å². The molecule has 13 heteroatoms. The topological polar surface area (TPSA) is 132 Å². The molecule has 0 radical (unpaired) electrons. The molecular weight excluding hydrogens is 600 g/mol. The number of hydrogen-bond acceptors (Lipinski definition) is 8. The van der Waals surface area contributed by atoms with Crippen molar-refractivity contribution in [2.24, 2.45) is 5.41 Å². The van der Waals surface area contributed by atoms with Crippen molar-refractivity contribution in [3.8, 4) is 5.75 Å². The molecule has 4 atom stereocenters. The summed E-state index contributed by atoms with van der Waals surface area (Å²) in [4.78, 5) is 48.8. The Hall–Kier alpha value is -3.80. The molecule has 226 valence electrons. The molecule has 1 aromatic heterocycles. The van der Waals surface area contributed by atoms with Crippen LogP contribution < -0.4 is 20.7 Å². The molecule has 10 nitrogen and oxygen atoms in total. The molecule has 2 amide bonds. The molecule has 43 heavy (non-hydrogen) atoms. The van der Waals surface area contributed by atoms with Gasteiger partial charge in [-0.05, 0) is 53.3 Å². The van der Waals surface area contributed by atoms with Crippen LogP contribution in [0.1, 0.15) is 54.6 Å². The Morgan fingerprint density at radius 3 is 2.58 bits per heavy atom. The molecule has 1 fully saturated rings. The summed E-state index contributed by atoms with van der Waals surface area (Å²) in [5.41, 5.74) is -0.897. The number of carbonyl (C=O) groups is 3. The van der Waals surface area contributed by atoms with Crippen molar-refractivity contribution >= 4 is 52.5 Å². The molecule has 1 spiro atoms. The highest BCUT2D eigenvalue weighted by molar-refractivity contribution is 6.30. The first-order valence-corrected chi connectivity index (χ1v) is 14.2. The normalized spacial score (nSPS) is 22.7. The number of hydrogen-bond donors (Lipinski definition) is 3. The average Bonchev–Trinajstić information content (AvgIpc) is 3.43.